The Hall–Kier alpha value is -3.02. The minimum Gasteiger partial charge on any atom is -0.489 e. The topological polar surface area (TPSA) is 79.5 Å². The van der Waals surface area contributed by atoms with Crippen LogP contribution in [0.3, 0.4) is 0 Å². The summed E-state index contributed by atoms with van der Waals surface area (Å²) in [7, 11) is 0. The Bertz CT molecular complexity index is 790. The number of nitrogens with one attached hydrogen (secondary N) is 3. The van der Waals surface area contributed by atoms with Gasteiger partial charge in [0.15, 0.2) is 0 Å². The Morgan fingerprint density at radius 3 is 2.61 bits per heavy atom. The molecule has 3 N–H and O–H groups in total. The van der Waals surface area contributed by atoms with E-state index >= 15 is 0 Å². The lowest BCUT2D eigenvalue weighted by molar-refractivity contribution is -0.114. The van der Waals surface area contributed by atoms with Gasteiger partial charge in [0, 0.05) is 17.8 Å². The van der Waals surface area contributed by atoms with Crippen molar-refractivity contribution >= 4 is 23.2 Å². The van der Waals surface area contributed by atoms with Gasteiger partial charge in [0.05, 0.1) is 18.3 Å². The lowest BCUT2D eigenvalue weighted by atomic mass is 10.2. The summed E-state index contributed by atoms with van der Waals surface area (Å²) in [6.07, 6.45) is 2.01. The number of unbranched alkanes of at least 4 members (excludes halogenated alkanes) is 1. The van der Waals surface area contributed by atoms with Crippen molar-refractivity contribution in [2.24, 2.45) is 0 Å². The zero-order valence-electron chi connectivity index (χ0n) is 16.7. The van der Waals surface area contributed by atoms with Gasteiger partial charge in [0.1, 0.15) is 5.75 Å². The van der Waals surface area contributed by atoms with Gasteiger partial charge in [-0.15, -0.1) is 0 Å². The molecular weight excluding hydrogens is 354 g/mol. The number of anilines is 2. The van der Waals surface area contributed by atoms with Crippen LogP contribution < -0.4 is 20.7 Å². The first-order valence-corrected chi connectivity index (χ1v) is 9.67. The molecule has 0 aliphatic heterocycles. The van der Waals surface area contributed by atoms with E-state index in [4.69, 9.17) is 4.74 Å². The molecule has 0 aliphatic carbocycles. The first-order valence-electron chi connectivity index (χ1n) is 9.67. The fraction of sp³-hybridized carbons (Fsp3) is 0.364. The number of rotatable bonds is 10. The van der Waals surface area contributed by atoms with Crippen LogP contribution in [0, 0.1) is 0 Å². The lowest BCUT2D eigenvalue weighted by Gasteiger charge is -2.15. The molecule has 0 heterocycles. The summed E-state index contributed by atoms with van der Waals surface area (Å²) in [6, 6.07) is 14.4. The highest BCUT2D eigenvalue weighted by Gasteiger charge is 2.09. The molecule has 0 saturated heterocycles. The first kappa shape index (κ1) is 21.3. The fourth-order valence-electron chi connectivity index (χ4n) is 2.57. The summed E-state index contributed by atoms with van der Waals surface area (Å²) in [6.45, 7) is 6.71. The second-order valence-electron chi connectivity index (χ2n) is 6.75. The van der Waals surface area contributed by atoms with Crippen molar-refractivity contribution in [3.63, 3.8) is 0 Å². The number of carbonyl (C=O) groups is 2. The molecule has 2 rings (SSSR count). The molecule has 0 unspecified atom stereocenters. The third kappa shape index (κ3) is 6.95. The summed E-state index contributed by atoms with van der Waals surface area (Å²) < 4.78 is 5.74. The summed E-state index contributed by atoms with van der Waals surface area (Å²) in [5.41, 5.74) is 1.87. The van der Waals surface area contributed by atoms with Gasteiger partial charge in [-0.3, -0.25) is 9.59 Å². The Kier molecular flexibility index (Phi) is 8.34. The molecule has 0 radical (unpaired) electrons. The van der Waals surface area contributed by atoms with Crippen LogP contribution >= 0.6 is 0 Å². The number of benzene rings is 2. The van der Waals surface area contributed by atoms with Crippen LogP contribution in [0.25, 0.3) is 0 Å². The van der Waals surface area contributed by atoms with Crippen LogP contribution in [0.4, 0.5) is 11.4 Å². The van der Waals surface area contributed by atoms with Crippen molar-refractivity contribution in [3.05, 3.63) is 54.1 Å². The minimum atomic E-state index is -0.206. The summed E-state index contributed by atoms with van der Waals surface area (Å²) >= 11 is 0. The zero-order chi connectivity index (χ0) is 20.4. The predicted octanol–water partition coefficient (Wildman–Crippen LogP) is 4.05. The van der Waals surface area contributed by atoms with Crippen LogP contribution in [-0.2, 0) is 4.79 Å². The van der Waals surface area contributed by atoms with Crippen LogP contribution in [0.2, 0.25) is 0 Å². The Morgan fingerprint density at radius 1 is 1.07 bits per heavy atom. The molecule has 0 fully saturated rings. The van der Waals surface area contributed by atoms with Gasteiger partial charge in [0.2, 0.25) is 5.91 Å². The Balaban J connectivity index is 1.92. The number of para-hydroxylation sites is 2. The first-order chi connectivity index (χ1) is 13.5. The van der Waals surface area contributed by atoms with Crippen molar-refractivity contribution in [1.29, 1.82) is 0 Å². The monoisotopic (exact) mass is 383 g/mol. The molecule has 0 aromatic heterocycles. The average molecular weight is 383 g/mol. The highest BCUT2D eigenvalue weighted by molar-refractivity contribution is 5.98. The van der Waals surface area contributed by atoms with E-state index in [1.54, 1.807) is 24.3 Å². The maximum atomic E-state index is 12.3. The highest BCUT2D eigenvalue weighted by atomic mass is 16.5. The van der Waals surface area contributed by atoms with E-state index in [0.29, 0.717) is 23.5 Å². The lowest BCUT2D eigenvalue weighted by Crippen LogP contribution is -2.25. The Morgan fingerprint density at radius 2 is 1.86 bits per heavy atom. The third-order valence-corrected chi connectivity index (χ3v) is 3.91. The van der Waals surface area contributed by atoms with Crippen LogP contribution in [0.15, 0.2) is 48.5 Å². The molecular formula is C22H29N3O3. The summed E-state index contributed by atoms with van der Waals surface area (Å²) in [4.78, 5) is 24.4. The molecule has 6 heteroatoms. The van der Waals surface area contributed by atoms with E-state index in [9.17, 15) is 9.59 Å². The molecule has 0 spiro atoms. The van der Waals surface area contributed by atoms with Gasteiger partial charge >= 0.3 is 0 Å². The number of carbonyl (C=O) groups excluding carboxylic acids is 2. The van der Waals surface area contributed by atoms with E-state index in [1.165, 1.54) is 0 Å². The summed E-state index contributed by atoms with van der Waals surface area (Å²) in [5, 5.41) is 8.78. The molecule has 2 aromatic carbocycles. The second-order valence-corrected chi connectivity index (χ2v) is 6.75. The minimum absolute atomic E-state index is 0.0444. The van der Waals surface area contributed by atoms with Gasteiger partial charge in [-0.25, -0.2) is 0 Å². The maximum absolute atomic E-state index is 12.3. The highest BCUT2D eigenvalue weighted by Crippen LogP contribution is 2.24. The molecule has 0 atom stereocenters. The molecule has 6 nitrogen and oxygen atoms in total. The fourth-order valence-corrected chi connectivity index (χ4v) is 2.57. The molecule has 2 amide bonds. The van der Waals surface area contributed by atoms with Crippen molar-refractivity contribution in [3.8, 4) is 5.75 Å². The molecule has 0 aliphatic rings. The van der Waals surface area contributed by atoms with E-state index in [-0.39, 0.29) is 24.5 Å². The van der Waals surface area contributed by atoms with Crippen LogP contribution in [-0.4, -0.2) is 31.0 Å². The van der Waals surface area contributed by atoms with E-state index in [0.717, 1.165) is 18.5 Å². The zero-order valence-corrected chi connectivity index (χ0v) is 16.7. The maximum Gasteiger partial charge on any atom is 0.251 e. The normalized spacial score (nSPS) is 10.4. The van der Waals surface area contributed by atoms with Crippen LogP contribution in [0.5, 0.6) is 5.75 Å². The van der Waals surface area contributed by atoms with Crippen LogP contribution in [0.1, 0.15) is 44.0 Å². The quantitative estimate of drug-likeness (QED) is 0.541. The van der Waals surface area contributed by atoms with Gasteiger partial charge < -0.3 is 20.7 Å². The van der Waals surface area contributed by atoms with Crippen molar-refractivity contribution < 1.29 is 14.3 Å². The number of hydrogen-bond donors (Lipinski definition) is 3. The predicted molar refractivity (Wildman–Crippen MR) is 113 cm³/mol. The van der Waals surface area contributed by atoms with E-state index in [2.05, 4.69) is 22.9 Å². The van der Waals surface area contributed by atoms with Gasteiger partial charge in [-0.1, -0.05) is 31.5 Å². The van der Waals surface area contributed by atoms with Gasteiger partial charge in [-0.2, -0.15) is 0 Å². The van der Waals surface area contributed by atoms with Crippen molar-refractivity contribution in [2.75, 3.05) is 23.7 Å². The molecule has 2 aromatic rings. The molecule has 28 heavy (non-hydrogen) atoms. The number of amides is 2. The van der Waals surface area contributed by atoms with E-state index < -0.39 is 0 Å². The molecule has 0 saturated carbocycles. The number of hydrogen-bond acceptors (Lipinski definition) is 4. The van der Waals surface area contributed by atoms with Gasteiger partial charge in [-0.05, 0) is 50.6 Å². The average Bonchev–Trinajstić information content (AvgIpc) is 2.67. The van der Waals surface area contributed by atoms with Crippen molar-refractivity contribution in [1.82, 2.24) is 5.32 Å². The SMILES string of the molecule is CCCCNC(=O)c1cccc(NC(=O)CNc2ccccc2OC(C)C)c1. The third-order valence-electron chi connectivity index (χ3n) is 3.91. The largest absolute Gasteiger partial charge is 0.489 e. The Labute approximate surface area is 166 Å². The molecule has 150 valence electrons. The number of ether oxygens (including phenoxy) is 1. The second kappa shape index (κ2) is 11.0. The summed E-state index contributed by atoms with van der Waals surface area (Å²) in [5.74, 6) is 0.362. The standard InChI is InChI=1S/C22H29N3O3/c1-4-5-13-23-22(27)17-9-8-10-18(14-17)25-21(26)15-24-19-11-6-7-12-20(19)28-16(2)3/h6-12,14,16,24H,4-5,13,15H2,1-3H3,(H,23,27)(H,25,26). The smallest absolute Gasteiger partial charge is 0.251 e. The van der Waals surface area contributed by atoms with Crippen molar-refractivity contribution in [2.45, 2.75) is 39.7 Å². The van der Waals surface area contributed by atoms with Gasteiger partial charge in [0.25, 0.3) is 5.91 Å². The molecule has 0 bridgehead atoms. The van der Waals surface area contributed by atoms with E-state index in [1.807, 2.05) is 38.1 Å².